The quantitative estimate of drug-likeness (QED) is 0.581. The molecule has 0 nitrogen and oxygen atoms in total. The topological polar surface area (TPSA) is 0 Å². The van der Waals surface area contributed by atoms with Gasteiger partial charge in [0, 0.05) is 9.76 Å². The van der Waals surface area contributed by atoms with E-state index in [1.54, 1.807) is 0 Å². The minimum atomic E-state index is 1.05. The number of hydrogen-bond acceptors (Lipinski definition) is 0. The molecule has 66 valence electrons. The Morgan fingerprint density at radius 1 is 1.00 bits per heavy atom. The standard InChI is InChI=1S/C10H12BrI/c11-7-5-9-1-3-10(4-2-9)6-8-12/h1-4H,5-8H2. The first kappa shape index (κ1) is 10.5. The van der Waals surface area contributed by atoms with Crippen LogP contribution in [-0.2, 0) is 12.8 Å². The van der Waals surface area contributed by atoms with E-state index in [9.17, 15) is 0 Å². The van der Waals surface area contributed by atoms with E-state index in [0.29, 0.717) is 0 Å². The summed E-state index contributed by atoms with van der Waals surface area (Å²) in [4.78, 5) is 0. The van der Waals surface area contributed by atoms with Crippen LogP contribution in [0.3, 0.4) is 0 Å². The van der Waals surface area contributed by atoms with Crippen LogP contribution in [0.5, 0.6) is 0 Å². The van der Waals surface area contributed by atoms with Gasteiger partial charge in [0.2, 0.25) is 0 Å². The molecule has 0 fully saturated rings. The number of alkyl halides is 2. The van der Waals surface area contributed by atoms with E-state index in [4.69, 9.17) is 0 Å². The van der Waals surface area contributed by atoms with Crippen LogP contribution in [-0.4, -0.2) is 9.76 Å². The molecule has 0 unspecified atom stereocenters. The largest absolute Gasteiger partial charge is 0.0924 e. The third-order valence-electron chi connectivity index (χ3n) is 1.79. The minimum absolute atomic E-state index is 1.05. The van der Waals surface area contributed by atoms with E-state index in [1.165, 1.54) is 22.0 Å². The van der Waals surface area contributed by atoms with Crippen LogP contribution < -0.4 is 0 Å². The van der Waals surface area contributed by atoms with Gasteiger partial charge in [0.1, 0.15) is 0 Å². The fraction of sp³-hybridized carbons (Fsp3) is 0.400. The fourth-order valence-corrected chi connectivity index (χ4v) is 2.17. The Labute approximate surface area is 96.0 Å². The molecule has 0 aromatic heterocycles. The predicted molar refractivity (Wildman–Crippen MR) is 66.5 cm³/mol. The van der Waals surface area contributed by atoms with E-state index in [0.717, 1.165) is 11.8 Å². The normalized spacial score (nSPS) is 10.2. The fourth-order valence-electron chi connectivity index (χ4n) is 1.09. The van der Waals surface area contributed by atoms with Gasteiger partial charge in [0.25, 0.3) is 0 Å². The second-order valence-corrected chi connectivity index (χ2v) is 4.57. The third kappa shape index (κ3) is 3.44. The van der Waals surface area contributed by atoms with Crippen molar-refractivity contribution in [2.75, 3.05) is 9.76 Å². The van der Waals surface area contributed by atoms with Crippen LogP contribution in [0.2, 0.25) is 0 Å². The molecule has 0 bridgehead atoms. The van der Waals surface area contributed by atoms with Crippen molar-refractivity contribution in [1.29, 1.82) is 0 Å². The van der Waals surface area contributed by atoms with Gasteiger partial charge in [-0.05, 0) is 24.0 Å². The van der Waals surface area contributed by atoms with E-state index in [-0.39, 0.29) is 0 Å². The Balaban J connectivity index is 2.58. The van der Waals surface area contributed by atoms with E-state index in [2.05, 4.69) is 62.8 Å². The SMILES string of the molecule is BrCCc1ccc(CCI)cc1. The summed E-state index contributed by atoms with van der Waals surface area (Å²) in [7, 11) is 0. The molecule has 0 N–H and O–H groups in total. The molecular formula is C10H12BrI. The molecule has 0 radical (unpaired) electrons. The lowest BCUT2D eigenvalue weighted by atomic mass is 10.1. The van der Waals surface area contributed by atoms with Crippen LogP contribution in [0.25, 0.3) is 0 Å². The summed E-state index contributed by atoms with van der Waals surface area (Å²) in [5.74, 6) is 0. The second kappa shape index (κ2) is 5.97. The van der Waals surface area contributed by atoms with E-state index >= 15 is 0 Å². The lowest BCUT2D eigenvalue weighted by molar-refractivity contribution is 1.13. The molecular weight excluding hydrogens is 327 g/mol. The zero-order valence-corrected chi connectivity index (χ0v) is 10.6. The summed E-state index contributed by atoms with van der Waals surface area (Å²) in [6, 6.07) is 8.92. The van der Waals surface area contributed by atoms with Gasteiger partial charge in [0.15, 0.2) is 0 Å². The average molecular weight is 339 g/mol. The highest BCUT2D eigenvalue weighted by Crippen LogP contribution is 2.07. The smallest absolute Gasteiger partial charge is 0.00718 e. The van der Waals surface area contributed by atoms with E-state index in [1.807, 2.05) is 0 Å². The molecule has 1 aromatic rings. The van der Waals surface area contributed by atoms with Crippen molar-refractivity contribution in [3.8, 4) is 0 Å². The molecule has 0 spiro atoms. The molecule has 0 amide bonds. The van der Waals surface area contributed by atoms with Gasteiger partial charge in [-0.3, -0.25) is 0 Å². The Morgan fingerprint density at radius 2 is 1.50 bits per heavy atom. The summed E-state index contributed by atoms with van der Waals surface area (Å²) >= 11 is 5.84. The van der Waals surface area contributed by atoms with Crippen LogP contribution in [0, 0.1) is 0 Å². The molecule has 12 heavy (non-hydrogen) atoms. The molecule has 2 heteroatoms. The summed E-state index contributed by atoms with van der Waals surface area (Å²) in [6.07, 6.45) is 2.32. The number of aryl methyl sites for hydroxylation is 2. The molecule has 0 aliphatic carbocycles. The van der Waals surface area contributed by atoms with Gasteiger partial charge in [-0.2, -0.15) is 0 Å². The Morgan fingerprint density at radius 3 is 1.92 bits per heavy atom. The van der Waals surface area contributed by atoms with Crippen LogP contribution in [0.4, 0.5) is 0 Å². The minimum Gasteiger partial charge on any atom is -0.0924 e. The monoisotopic (exact) mass is 338 g/mol. The number of rotatable bonds is 4. The van der Waals surface area contributed by atoms with Gasteiger partial charge >= 0.3 is 0 Å². The van der Waals surface area contributed by atoms with Crippen molar-refractivity contribution in [3.05, 3.63) is 35.4 Å². The maximum absolute atomic E-state index is 3.43. The highest BCUT2D eigenvalue weighted by atomic mass is 127. The van der Waals surface area contributed by atoms with Gasteiger partial charge in [-0.15, -0.1) is 0 Å². The first-order valence-corrected chi connectivity index (χ1v) is 6.71. The first-order valence-electron chi connectivity index (χ1n) is 4.06. The maximum Gasteiger partial charge on any atom is 0.00718 e. The third-order valence-corrected chi connectivity index (χ3v) is 2.73. The number of halogens is 2. The summed E-state index contributed by atoms with van der Waals surface area (Å²) in [5.41, 5.74) is 2.87. The molecule has 1 rings (SSSR count). The second-order valence-electron chi connectivity index (χ2n) is 2.69. The predicted octanol–water partition coefficient (Wildman–Crippen LogP) is 3.60. The lowest BCUT2D eigenvalue weighted by Crippen LogP contribution is -1.88. The number of hydrogen-bond donors (Lipinski definition) is 0. The van der Waals surface area contributed by atoms with Crippen molar-refractivity contribution in [1.82, 2.24) is 0 Å². The van der Waals surface area contributed by atoms with Crippen molar-refractivity contribution in [2.45, 2.75) is 12.8 Å². The zero-order chi connectivity index (χ0) is 8.81. The Hall–Kier alpha value is 0.430. The maximum atomic E-state index is 3.43. The van der Waals surface area contributed by atoms with Gasteiger partial charge < -0.3 is 0 Å². The number of benzene rings is 1. The summed E-state index contributed by atoms with van der Waals surface area (Å²) < 4.78 is 1.20. The average Bonchev–Trinajstić information content (AvgIpc) is 2.09. The highest BCUT2D eigenvalue weighted by molar-refractivity contribution is 14.1. The van der Waals surface area contributed by atoms with Crippen molar-refractivity contribution in [3.63, 3.8) is 0 Å². The molecule has 1 aromatic carbocycles. The Bertz CT molecular complexity index is 193. The van der Waals surface area contributed by atoms with Crippen molar-refractivity contribution >= 4 is 38.5 Å². The molecule has 0 saturated heterocycles. The zero-order valence-electron chi connectivity index (χ0n) is 6.89. The lowest BCUT2D eigenvalue weighted by Gasteiger charge is -2.00. The highest BCUT2D eigenvalue weighted by Gasteiger charge is 1.92. The molecule has 0 aliphatic rings. The molecule has 0 aliphatic heterocycles. The molecule has 0 heterocycles. The van der Waals surface area contributed by atoms with Gasteiger partial charge in [-0.1, -0.05) is 62.8 Å². The first-order chi connectivity index (χ1) is 5.86. The van der Waals surface area contributed by atoms with Crippen molar-refractivity contribution in [2.24, 2.45) is 0 Å². The van der Waals surface area contributed by atoms with Gasteiger partial charge in [0.05, 0.1) is 0 Å². The summed E-state index contributed by atoms with van der Waals surface area (Å²) in [5, 5.41) is 1.05. The molecule has 0 atom stereocenters. The van der Waals surface area contributed by atoms with Gasteiger partial charge in [-0.25, -0.2) is 0 Å². The van der Waals surface area contributed by atoms with Crippen LogP contribution >= 0.6 is 38.5 Å². The van der Waals surface area contributed by atoms with E-state index < -0.39 is 0 Å². The summed E-state index contributed by atoms with van der Waals surface area (Å²) in [6.45, 7) is 0. The molecule has 0 saturated carbocycles. The van der Waals surface area contributed by atoms with Crippen LogP contribution in [0.15, 0.2) is 24.3 Å². The Kier molecular flexibility index (Phi) is 5.23. The van der Waals surface area contributed by atoms with Crippen molar-refractivity contribution < 1.29 is 0 Å². The van der Waals surface area contributed by atoms with Crippen LogP contribution in [0.1, 0.15) is 11.1 Å².